The molecule has 0 bridgehead atoms. The summed E-state index contributed by atoms with van der Waals surface area (Å²) in [6.45, 7) is 1.13. The number of rotatable bonds is 5. The van der Waals surface area contributed by atoms with Gasteiger partial charge in [-0.1, -0.05) is 6.07 Å². The number of hydrogen-bond acceptors (Lipinski definition) is 6. The summed E-state index contributed by atoms with van der Waals surface area (Å²) in [5.41, 5.74) is 0.898. The summed E-state index contributed by atoms with van der Waals surface area (Å²) in [5.74, 6) is 1.04. The Balaban J connectivity index is 1.74. The number of thiophene rings is 1. The molecule has 1 saturated heterocycles. The molecule has 0 amide bonds. The standard InChI is InChI=1S/C15H20N4O2S2/c1-16-15-13(17-6-7-18-15)10-12-4-2-8-19(11-12)23(20,21)14-5-3-9-22-14/h3,5-7,9,12H,2,4,8,10-11H2,1H3,(H,16,18)/t12-/m0/s1. The molecule has 1 N–H and O–H groups in total. The molecule has 0 unspecified atom stereocenters. The number of aromatic nitrogens is 2. The first-order chi connectivity index (χ1) is 11.1. The lowest BCUT2D eigenvalue weighted by molar-refractivity contribution is 0.264. The fourth-order valence-electron chi connectivity index (χ4n) is 2.95. The lowest BCUT2D eigenvalue weighted by Gasteiger charge is -2.31. The zero-order chi connectivity index (χ0) is 16.3. The molecule has 124 valence electrons. The monoisotopic (exact) mass is 352 g/mol. The first-order valence-corrected chi connectivity index (χ1v) is 9.94. The molecule has 3 heterocycles. The lowest BCUT2D eigenvalue weighted by atomic mass is 9.94. The molecular weight excluding hydrogens is 332 g/mol. The van der Waals surface area contributed by atoms with Crippen molar-refractivity contribution in [3.63, 3.8) is 0 Å². The summed E-state index contributed by atoms with van der Waals surface area (Å²) in [6, 6.07) is 3.45. The maximum atomic E-state index is 12.7. The Kier molecular flexibility index (Phi) is 4.93. The summed E-state index contributed by atoms with van der Waals surface area (Å²) < 4.78 is 27.4. The molecule has 1 fully saturated rings. The Morgan fingerprint density at radius 3 is 2.96 bits per heavy atom. The summed E-state index contributed by atoms with van der Waals surface area (Å²) in [4.78, 5) is 8.66. The van der Waals surface area contributed by atoms with Crippen molar-refractivity contribution in [3.05, 3.63) is 35.6 Å². The van der Waals surface area contributed by atoms with Gasteiger partial charge in [-0.05, 0) is 36.6 Å². The third-order valence-corrected chi connectivity index (χ3v) is 7.30. The van der Waals surface area contributed by atoms with E-state index in [1.165, 1.54) is 11.3 Å². The van der Waals surface area contributed by atoms with Crippen molar-refractivity contribution in [3.8, 4) is 0 Å². The van der Waals surface area contributed by atoms with Crippen molar-refractivity contribution < 1.29 is 8.42 Å². The predicted octanol–water partition coefficient (Wildman–Crippen LogP) is 2.22. The van der Waals surface area contributed by atoms with E-state index in [1.807, 2.05) is 7.05 Å². The largest absolute Gasteiger partial charge is 0.372 e. The molecule has 0 aromatic carbocycles. The van der Waals surface area contributed by atoms with E-state index in [4.69, 9.17) is 0 Å². The first-order valence-electron chi connectivity index (χ1n) is 7.62. The SMILES string of the molecule is CNc1nccnc1C[C@@H]1CCCN(S(=O)(=O)c2cccs2)C1. The third-order valence-electron chi connectivity index (χ3n) is 4.06. The highest BCUT2D eigenvalue weighted by Crippen LogP contribution is 2.28. The quantitative estimate of drug-likeness (QED) is 0.893. The van der Waals surface area contributed by atoms with Gasteiger partial charge in [0, 0.05) is 32.5 Å². The zero-order valence-electron chi connectivity index (χ0n) is 13.0. The van der Waals surface area contributed by atoms with Gasteiger partial charge in [0.2, 0.25) is 0 Å². The van der Waals surface area contributed by atoms with E-state index in [0.717, 1.165) is 30.8 Å². The second kappa shape index (κ2) is 6.94. The maximum Gasteiger partial charge on any atom is 0.252 e. The van der Waals surface area contributed by atoms with Crippen LogP contribution in [0.5, 0.6) is 0 Å². The van der Waals surface area contributed by atoms with Crippen LogP contribution in [0.4, 0.5) is 5.82 Å². The minimum Gasteiger partial charge on any atom is -0.372 e. The average Bonchev–Trinajstić information content (AvgIpc) is 3.11. The van der Waals surface area contributed by atoms with E-state index >= 15 is 0 Å². The molecule has 3 rings (SSSR count). The molecule has 1 atom stereocenters. The van der Waals surface area contributed by atoms with E-state index < -0.39 is 10.0 Å². The molecule has 0 spiro atoms. The summed E-state index contributed by atoms with van der Waals surface area (Å²) in [7, 11) is -1.54. The van der Waals surface area contributed by atoms with Crippen LogP contribution in [0.3, 0.4) is 0 Å². The summed E-state index contributed by atoms with van der Waals surface area (Å²) in [6.07, 6.45) is 5.96. The van der Waals surface area contributed by atoms with Crippen LogP contribution < -0.4 is 5.32 Å². The predicted molar refractivity (Wildman–Crippen MR) is 91.1 cm³/mol. The molecular formula is C15H20N4O2S2. The third kappa shape index (κ3) is 3.54. The maximum absolute atomic E-state index is 12.7. The Hall–Kier alpha value is -1.51. The smallest absolute Gasteiger partial charge is 0.252 e. The van der Waals surface area contributed by atoms with Crippen LogP contribution in [0, 0.1) is 5.92 Å². The number of sulfonamides is 1. The number of piperidine rings is 1. The molecule has 8 heteroatoms. The van der Waals surface area contributed by atoms with Gasteiger partial charge in [-0.25, -0.2) is 13.4 Å². The first kappa shape index (κ1) is 16.4. The molecule has 0 saturated carbocycles. The fraction of sp³-hybridized carbons (Fsp3) is 0.467. The molecule has 0 aliphatic carbocycles. The van der Waals surface area contributed by atoms with Gasteiger partial charge >= 0.3 is 0 Å². The number of nitrogens with zero attached hydrogens (tertiary/aromatic N) is 3. The topological polar surface area (TPSA) is 75.2 Å². The number of anilines is 1. The second-order valence-electron chi connectivity index (χ2n) is 5.61. The number of nitrogens with one attached hydrogen (secondary N) is 1. The Labute approximate surface area is 140 Å². The molecule has 6 nitrogen and oxygen atoms in total. The Morgan fingerprint density at radius 2 is 2.22 bits per heavy atom. The summed E-state index contributed by atoms with van der Waals surface area (Å²) in [5, 5.41) is 4.84. The van der Waals surface area contributed by atoms with Crippen molar-refractivity contribution in [1.29, 1.82) is 0 Å². The van der Waals surface area contributed by atoms with Crippen molar-refractivity contribution >= 4 is 27.2 Å². The zero-order valence-corrected chi connectivity index (χ0v) is 14.6. The fourth-order valence-corrected chi connectivity index (χ4v) is 5.65. The average molecular weight is 352 g/mol. The van der Waals surface area contributed by atoms with E-state index in [-0.39, 0.29) is 5.92 Å². The molecule has 2 aromatic rings. The van der Waals surface area contributed by atoms with E-state index in [9.17, 15) is 8.42 Å². The molecule has 23 heavy (non-hydrogen) atoms. The van der Waals surface area contributed by atoms with Gasteiger partial charge in [-0.3, -0.25) is 4.98 Å². The van der Waals surface area contributed by atoms with E-state index in [0.29, 0.717) is 17.3 Å². The van der Waals surface area contributed by atoms with Crippen LogP contribution in [-0.4, -0.2) is 42.8 Å². The van der Waals surface area contributed by atoms with Crippen LogP contribution in [0.1, 0.15) is 18.5 Å². The van der Waals surface area contributed by atoms with Crippen LogP contribution in [0.2, 0.25) is 0 Å². The van der Waals surface area contributed by atoms with Gasteiger partial charge in [-0.2, -0.15) is 4.31 Å². The van der Waals surface area contributed by atoms with Gasteiger partial charge < -0.3 is 5.32 Å². The highest BCUT2D eigenvalue weighted by molar-refractivity contribution is 7.91. The Bertz CT molecular complexity index is 747. The molecule has 0 radical (unpaired) electrons. The van der Waals surface area contributed by atoms with Gasteiger partial charge in [0.1, 0.15) is 10.0 Å². The molecule has 1 aliphatic rings. The van der Waals surface area contributed by atoms with Gasteiger partial charge in [-0.15, -0.1) is 11.3 Å². The minimum absolute atomic E-state index is 0.266. The van der Waals surface area contributed by atoms with E-state index in [1.54, 1.807) is 34.2 Å². The molecule has 1 aliphatic heterocycles. The summed E-state index contributed by atoms with van der Waals surface area (Å²) >= 11 is 1.27. The lowest BCUT2D eigenvalue weighted by Crippen LogP contribution is -2.40. The van der Waals surface area contributed by atoms with Crippen molar-refractivity contribution in [2.24, 2.45) is 5.92 Å². The normalized spacial score (nSPS) is 19.6. The van der Waals surface area contributed by atoms with Crippen molar-refractivity contribution in [1.82, 2.24) is 14.3 Å². The van der Waals surface area contributed by atoms with Crippen molar-refractivity contribution in [2.75, 3.05) is 25.5 Å². The van der Waals surface area contributed by atoms with Crippen LogP contribution in [0.25, 0.3) is 0 Å². The highest BCUT2D eigenvalue weighted by atomic mass is 32.2. The molecule has 2 aromatic heterocycles. The second-order valence-corrected chi connectivity index (χ2v) is 8.72. The van der Waals surface area contributed by atoms with Crippen molar-refractivity contribution in [2.45, 2.75) is 23.5 Å². The number of hydrogen-bond donors (Lipinski definition) is 1. The van der Waals surface area contributed by atoms with Gasteiger partial charge in [0.05, 0.1) is 5.69 Å². The van der Waals surface area contributed by atoms with Gasteiger partial charge in [0.15, 0.2) is 0 Å². The Morgan fingerprint density at radius 1 is 1.39 bits per heavy atom. The van der Waals surface area contributed by atoms with Gasteiger partial charge in [0.25, 0.3) is 10.0 Å². The van der Waals surface area contributed by atoms with E-state index in [2.05, 4.69) is 15.3 Å². The minimum atomic E-state index is -3.36. The highest BCUT2D eigenvalue weighted by Gasteiger charge is 2.31. The van der Waals surface area contributed by atoms with Crippen LogP contribution in [-0.2, 0) is 16.4 Å². The van der Waals surface area contributed by atoms with Crippen LogP contribution >= 0.6 is 11.3 Å². The van der Waals surface area contributed by atoms with Crippen LogP contribution in [0.15, 0.2) is 34.1 Å².